The summed E-state index contributed by atoms with van der Waals surface area (Å²) in [7, 11) is 2.64. The van der Waals surface area contributed by atoms with Crippen molar-refractivity contribution in [2.75, 3.05) is 51.3 Å². The van der Waals surface area contributed by atoms with Crippen molar-refractivity contribution in [1.82, 2.24) is 40.4 Å². The van der Waals surface area contributed by atoms with Crippen molar-refractivity contribution in [2.45, 2.75) is 101 Å². The summed E-state index contributed by atoms with van der Waals surface area (Å²) in [5.74, 6) is 2.81. The number of amides is 4. The maximum atomic E-state index is 14.0. The minimum atomic E-state index is -0.667. The number of carbonyl (C=O) groups is 4. The number of hydrogen-bond acceptors (Lipinski definition) is 10. The van der Waals surface area contributed by atoms with Crippen LogP contribution in [0.5, 0.6) is 0 Å². The average molecular weight is 985 g/mol. The van der Waals surface area contributed by atoms with Crippen molar-refractivity contribution in [3.8, 4) is 22.3 Å². The van der Waals surface area contributed by atoms with Crippen LogP contribution in [0.4, 0.5) is 9.59 Å². The summed E-state index contributed by atoms with van der Waals surface area (Å²) in [6, 6.07) is 25.0. The molecular formula is C54H64N8O6S2. The number of ether oxygens (including phenoxy) is 2. The molecule has 2 aliphatic heterocycles. The number of H-pyrrole nitrogens is 2. The molecular weight excluding hydrogens is 921 g/mol. The van der Waals surface area contributed by atoms with E-state index in [0.717, 1.165) is 121 Å². The van der Waals surface area contributed by atoms with E-state index in [1.165, 1.54) is 47.6 Å². The molecule has 0 radical (unpaired) electrons. The van der Waals surface area contributed by atoms with Gasteiger partial charge in [0.25, 0.3) is 0 Å². The second-order valence-electron chi connectivity index (χ2n) is 18.7. The van der Waals surface area contributed by atoms with E-state index in [4.69, 9.17) is 19.4 Å². The largest absolute Gasteiger partial charge is 0.453 e. The van der Waals surface area contributed by atoms with E-state index in [2.05, 4.69) is 93.4 Å². The topological polar surface area (TPSA) is 175 Å². The Morgan fingerprint density at radius 2 is 1.06 bits per heavy atom. The SMILES string of the molecule is COC(=O)N[C@@H](CCSC)C(=O)N1CCCC[C@H]1c1nc2cc(-c3cc4ccc3CCc3ccc(c(-c5ccc6[nH]c([C@@H]7CCCCN7C(=O)[C@H](CCSC)NC(=O)OC)nc6c5)c3)CC4)ccc2[nH]1. The molecule has 4 N–H and O–H groups in total. The summed E-state index contributed by atoms with van der Waals surface area (Å²) in [6.07, 6.45) is 12.6. The first-order chi connectivity index (χ1) is 34.1. The molecule has 4 bridgehead atoms. The third-order valence-corrected chi connectivity index (χ3v) is 15.6. The van der Waals surface area contributed by atoms with Crippen LogP contribution in [0.1, 0.15) is 97.4 Å². The van der Waals surface area contributed by atoms with Gasteiger partial charge >= 0.3 is 12.2 Å². The monoisotopic (exact) mass is 984 g/mol. The Morgan fingerprint density at radius 3 is 1.47 bits per heavy atom. The number of piperidine rings is 2. The third kappa shape index (κ3) is 10.8. The maximum Gasteiger partial charge on any atom is 0.407 e. The number of carbonyl (C=O) groups excluding carboxylic acids is 4. The second kappa shape index (κ2) is 22.4. The van der Waals surface area contributed by atoms with Crippen LogP contribution in [0.25, 0.3) is 44.3 Å². The second-order valence-corrected chi connectivity index (χ2v) is 20.7. The van der Waals surface area contributed by atoms with Crippen LogP contribution in [0.15, 0.2) is 72.8 Å². The Labute approximate surface area is 418 Å². The van der Waals surface area contributed by atoms with Crippen LogP contribution in [0.3, 0.4) is 0 Å². The molecule has 0 unspecified atom stereocenters. The summed E-state index contributed by atoms with van der Waals surface area (Å²) >= 11 is 3.28. The number of benzene rings is 4. The van der Waals surface area contributed by atoms with Gasteiger partial charge in [-0.15, -0.1) is 0 Å². The van der Waals surface area contributed by atoms with Gasteiger partial charge < -0.3 is 39.9 Å². The number of nitrogens with zero attached hydrogens (tertiary/aromatic N) is 4. The molecule has 4 heterocycles. The van der Waals surface area contributed by atoms with Crippen molar-refractivity contribution < 1.29 is 28.7 Å². The maximum absolute atomic E-state index is 14.0. The third-order valence-electron chi connectivity index (χ3n) is 14.3. The molecule has 4 amide bonds. The molecule has 6 aliphatic rings. The van der Waals surface area contributed by atoms with Gasteiger partial charge in [-0.1, -0.05) is 48.5 Å². The van der Waals surface area contributed by atoms with Crippen LogP contribution < -0.4 is 10.6 Å². The van der Waals surface area contributed by atoms with Crippen LogP contribution in [0, 0.1) is 0 Å². The van der Waals surface area contributed by atoms with Crippen LogP contribution >= 0.6 is 23.5 Å². The molecule has 16 heteroatoms. The lowest BCUT2D eigenvalue weighted by Gasteiger charge is -2.36. The molecule has 6 aromatic rings. The van der Waals surface area contributed by atoms with Crippen molar-refractivity contribution in [3.63, 3.8) is 0 Å². The summed E-state index contributed by atoms with van der Waals surface area (Å²) in [4.78, 5) is 73.7. The number of methoxy groups -OCH3 is 2. The number of nitrogens with one attached hydrogen (secondary N) is 4. The smallest absolute Gasteiger partial charge is 0.407 e. The van der Waals surface area contributed by atoms with Gasteiger partial charge in [0, 0.05) is 13.1 Å². The zero-order chi connectivity index (χ0) is 48.7. The molecule has 2 saturated heterocycles. The van der Waals surface area contributed by atoms with Crippen molar-refractivity contribution in [3.05, 3.63) is 107 Å². The number of aromatic amines is 2. The predicted octanol–water partition coefficient (Wildman–Crippen LogP) is 9.72. The molecule has 368 valence electrons. The number of thioether (sulfide) groups is 2. The molecule has 4 aromatic carbocycles. The van der Waals surface area contributed by atoms with E-state index in [9.17, 15) is 19.2 Å². The van der Waals surface area contributed by atoms with E-state index >= 15 is 0 Å². The number of aromatic nitrogens is 4. The van der Waals surface area contributed by atoms with Crippen molar-refractivity contribution >= 4 is 69.6 Å². The van der Waals surface area contributed by atoms with Gasteiger partial charge in [0.1, 0.15) is 23.7 Å². The lowest BCUT2D eigenvalue weighted by atomic mass is 9.87. The van der Waals surface area contributed by atoms with Crippen LogP contribution in [0.2, 0.25) is 0 Å². The fourth-order valence-electron chi connectivity index (χ4n) is 10.5. The Kier molecular flexibility index (Phi) is 15.7. The van der Waals surface area contributed by atoms with Crippen molar-refractivity contribution in [2.24, 2.45) is 0 Å². The zero-order valence-corrected chi connectivity index (χ0v) is 42.2. The highest BCUT2D eigenvalue weighted by atomic mass is 32.2. The van der Waals surface area contributed by atoms with Crippen LogP contribution in [-0.2, 0) is 44.7 Å². The predicted molar refractivity (Wildman–Crippen MR) is 279 cm³/mol. The van der Waals surface area contributed by atoms with Gasteiger partial charge in [0.15, 0.2) is 0 Å². The highest BCUT2D eigenvalue weighted by Gasteiger charge is 2.36. The Balaban J connectivity index is 0.941. The lowest BCUT2D eigenvalue weighted by Crippen LogP contribution is -2.51. The van der Waals surface area contributed by atoms with Gasteiger partial charge in [-0.25, -0.2) is 19.6 Å². The van der Waals surface area contributed by atoms with Gasteiger partial charge in [-0.3, -0.25) is 9.59 Å². The fraction of sp³-hybridized carbons (Fsp3) is 0.444. The molecule has 0 saturated carbocycles. The molecule has 4 atom stereocenters. The molecule has 70 heavy (non-hydrogen) atoms. The first-order valence-electron chi connectivity index (χ1n) is 24.7. The Hall–Kier alpha value is -6.00. The molecule has 2 fully saturated rings. The summed E-state index contributed by atoms with van der Waals surface area (Å²) in [5, 5.41) is 5.57. The average Bonchev–Trinajstić information content (AvgIpc) is 4.03. The van der Waals surface area contributed by atoms with Crippen LogP contribution in [-0.4, -0.2) is 117 Å². The summed E-state index contributed by atoms with van der Waals surface area (Å²) in [5.41, 5.74) is 13.3. The standard InChI is InChI=1S/C54H64N8O6S2/c1-67-53(65)59-43(23-27-69-3)51(63)61-25-7-5-9-47(61)49-55-41-21-19-37(31-45(41)57-49)39-29-33-11-15-35(39)17-13-34-12-16-36(18-14-33)40(30-34)38-20-22-42-46(32-38)58-50(56-42)48-10-6-8-26-62(48)52(64)44(24-28-70-4)60-54(66)68-2/h11-12,15-16,19-22,29-32,43-44,47-48H,5-10,13-14,17-18,23-28H2,1-4H3,(H,55,57)(H,56,58)(H,59,65)(H,60,66)/t43-,44-,47-,48-/m0/s1. The minimum Gasteiger partial charge on any atom is -0.453 e. The highest BCUT2D eigenvalue weighted by molar-refractivity contribution is 7.98. The van der Waals surface area contributed by atoms with Gasteiger partial charge in [-0.2, -0.15) is 23.5 Å². The normalized spacial score (nSPS) is 18.0. The molecule has 0 spiro atoms. The molecule has 2 aromatic heterocycles. The van der Waals surface area contributed by atoms with Gasteiger partial charge in [0.2, 0.25) is 11.8 Å². The van der Waals surface area contributed by atoms with E-state index in [0.29, 0.717) is 25.9 Å². The molecule has 12 rings (SSSR count). The quantitative estimate of drug-likeness (QED) is 0.0823. The van der Waals surface area contributed by atoms with Gasteiger partial charge in [0.05, 0.1) is 48.4 Å². The number of alkyl carbamates (subject to hydrolysis) is 2. The summed E-state index contributed by atoms with van der Waals surface area (Å²) in [6.45, 7) is 1.21. The highest BCUT2D eigenvalue weighted by Crippen LogP contribution is 2.37. The first-order valence-corrected chi connectivity index (χ1v) is 27.4. The lowest BCUT2D eigenvalue weighted by molar-refractivity contribution is -0.138. The number of imidazole rings is 2. The molecule has 14 nitrogen and oxygen atoms in total. The van der Waals surface area contributed by atoms with Gasteiger partial charge in [-0.05, 0) is 170 Å². The number of likely N-dealkylation sites (tertiary alicyclic amines) is 2. The number of aryl methyl sites for hydroxylation is 4. The number of fused-ring (bicyclic) bond motifs is 2. The van der Waals surface area contributed by atoms with E-state index in [1.807, 2.05) is 22.3 Å². The zero-order valence-electron chi connectivity index (χ0n) is 40.6. The summed E-state index contributed by atoms with van der Waals surface area (Å²) < 4.78 is 9.74. The van der Waals surface area contributed by atoms with E-state index < -0.39 is 24.3 Å². The fourth-order valence-corrected chi connectivity index (χ4v) is 11.5. The molecule has 4 aliphatic carbocycles. The van der Waals surface area contributed by atoms with Crippen molar-refractivity contribution in [1.29, 1.82) is 0 Å². The Bertz CT molecular complexity index is 2670. The van der Waals surface area contributed by atoms with E-state index in [1.54, 1.807) is 23.5 Å². The minimum absolute atomic E-state index is 0.101. The van der Waals surface area contributed by atoms with E-state index in [-0.39, 0.29) is 23.9 Å². The number of hydrogen-bond donors (Lipinski definition) is 4. The Morgan fingerprint density at radius 1 is 0.614 bits per heavy atom. The number of rotatable bonds is 14. The first kappa shape index (κ1) is 49.0.